The van der Waals surface area contributed by atoms with Crippen LogP contribution >= 0.6 is 0 Å². The van der Waals surface area contributed by atoms with Crippen LogP contribution in [0.25, 0.3) is 5.76 Å². The zero-order valence-corrected chi connectivity index (χ0v) is 16.2. The second kappa shape index (κ2) is 9.18. The molecular formula is C24H27NO3. The third-order valence-electron chi connectivity index (χ3n) is 5.59. The standard InChI is InChI=1S/C24H27NO3/c26-24(20-11-5-2-6-12-20)28-23(19-9-3-1-4-10-19)21-13-7-8-14-22(21)25-15-17-27-18-16-25/h1-6,9-12,22H,7-8,13-18H2/b23-21+. The summed E-state index contributed by atoms with van der Waals surface area (Å²) in [5, 5.41) is 0. The second-order valence-corrected chi connectivity index (χ2v) is 7.39. The number of benzene rings is 2. The van der Waals surface area contributed by atoms with Gasteiger partial charge < -0.3 is 9.47 Å². The van der Waals surface area contributed by atoms with Crippen molar-refractivity contribution in [3.8, 4) is 0 Å². The van der Waals surface area contributed by atoms with Gasteiger partial charge in [-0.1, -0.05) is 55.0 Å². The average molecular weight is 377 g/mol. The third kappa shape index (κ3) is 4.34. The average Bonchev–Trinajstić information content (AvgIpc) is 2.79. The zero-order valence-electron chi connectivity index (χ0n) is 16.2. The quantitative estimate of drug-likeness (QED) is 0.580. The zero-order chi connectivity index (χ0) is 19.2. The van der Waals surface area contributed by atoms with E-state index in [0.717, 1.165) is 56.9 Å². The molecule has 0 aromatic heterocycles. The lowest BCUT2D eigenvalue weighted by atomic mass is 9.86. The van der Waals surface area contributed by atoms with Crippen LogP contribution in [0.2, 0.25) is 0 Å². The number of ether oxygens (including phenoxy) is 2. The first-order valence-electron chi connectivity index (χ1n) is 10.2. The smallest absolute Gasteiger partial charge is 0.343 e. The Morgan fingerprint density at radius 1 is 0.893 bits per heavy atom. The maximum absolute atomic E-state index is 12.9. The molecule has 4 rings (SSSR count). The summed E-state index contributed by atoms with van der Waals surface area (Å²) in [6, 6.07) is 19.6. The maximum atomic E-state index is 12.9. The molecule has 2 aromatic rings. The Kier molecular flexibility index (Phi) is 6.20. The predicted molar refractivity (Wildman–Crippen MR) is 110 cm³/mol. The van der Waals surface area contributed by atoms with E-state index < -0.39 is 0 Å². The fourth-order valence-electron chi connectivity index (χ4n) is 4.18. The molecule has 0 N–H and O–H groups in total. The summed E-state index contributed by atoms with van der Waals surface area (Å²) in [5.74, 6) is 0.448. The fourth-order valence-corrected chi connectivity index (χ4v) is 4.18. The summed E-state index contributed by atoms with van der Waals surface area (Å²) < 4.78 is 11.6. The fraction of sp³-hybridized carbons (Fsp3) is 0.375. The molecule has 0 radical (unpaired) electrons. The summed E-state index contributed by atoms with van der Waals surface area (Å²) in [6.45, 7) is 3.41. The Bertz CT molecular complexity index is 810. The molecular weight excluding hydrogens is 350 g/mol. The minimum atomic E-state index is -0.293. The van der Waals surface area contributed by atoms with Crippen LogP contribution in [0.4, 0.5) is 0 Å². The van der Waals surface area contributed by atoms with E-state index in [1.54, 1.807) is 12.1 Å². The van der Waals surface area contributed by atoms with Crippen molar-refractivity contribution in [3.63, 3.8) is 0 Å². The number of nitrogens with zero attached hydrogens (tertiary/aromatic N) is 1. The first-order valence-corrected chi connectivity index (χ1v) is 10.2. The summed E-state index contributed by atoms with van der Waals surface area (Å²) in [4.78, 5) is 15.4. The van der Waals surface area contributed by atoms with Gasteiger partial charge in [0.2, 0.25) is 0 Å². The largest absolute Gasteiger partial charge is 0.422 e. The van der Waals surface area contributed by atoms with Crippen molar-refractivity contribution < 1.29 is 14.3 Å². The molecule has 2 aromatic carbocycles. The molecule has 0 spiro atoms. The summed E-state index contributed by atoms with van der Waals surface area (Å²) in [7, 11) is 0. The number of carbonyl (C=O) groups is 1. The van der Waals surface area contributed by atoms with E-state index in [-0.39, 0.29) is 5.97 Å². The molecule has 1 aliphatic heterocycles. The van der Waals surface area contributed by atoms with Gasteiger partial charge in [-0.05, 0) is 37.0 Å². The van der Waals surface area contributed by atoms with Gasteiger partial charge in [0.1, 0.15) is 5.76 Å². The highest BCUT2D eigenvalue weighted by atomic mass is 16.5. The Hall–Kier alpha value is -2.43. The maximum Gasteiger partial charge on any atom is 0.343 e. The monoisotopic (exact) mass is 377 g/mol. The lowest BCUT2D eigenvalue weighted by Gasteiger charge is -2.39. The minimum absolute atomic E-state index is 0.293. The molecule has 0 amide bonds. The van der Waals surface area contributed by atoms with Gasteiger partial charge in [0.25, 0.3) is 0 Å². The molecule has 1 saturated heterocycles. The van der Waals surface area contributed by atoms with Gasteiger partial charge >= 0.3 is 5.97 Å². The van der Waals surface area contributed by atoms with Crippen LogP contribution in [0.15, 0.2) is 66.2 Å². The van der Waals surface area contributed by atoms with E-state index in [4.69, 9.17) is 9.47 Å². The van der Waals surface area contributed by atoms with Crippen LogP contribution in [0.1, 0.15) is 41.6 Å². The highest BCUT2D eigenvalue weighted by Crippen LogP contribution is 2.35. The molecule has 2 fully saturated rings. The lowest BCUT2D eigenvalue weighted by molar-refractivity contribution is 0.0186. The molecule has 4 heteroatoms. The van der Waals surface area contributed by atoms with Crippen LogP contribution in [0, 0.1) is 0 Å². The van der Waals surface area contributed by atoms with Crippen molar-refractivity contribution in [1.29, 1.82) is 0 Å². The molecule has 1 saturated carbocycles. The van der Waals surface area contributed by atoms with Gasteiger partial charge in [-0.25, -0.2) is 4.79 Å². The topological polar surface area (TPSA) is 38.8 Å². The van der Waals surface area contributed by atoms with E-state index in [1.807, 2.05) is 48.5 Å². The lowest BCUT2D eigenvalue weighted by Crippen LogP contribution is -2.45. The highest BCUT2D eigenvalue weighted by molar-refractivity contribution is 5.93. The molecule has 2 aliphatic rings. The van der Waals surface area contributed by atoms with Crippen molar-refractivity contribution in [2.24, 2.45) is 0 Å². The van der Waals surface area contributed by atoms with Gasteiger partial charge in [-0.15, -0.1) is 0 Å². The molecule has 4 nitrogen and oxygen atoms in total. The SMILES string of the molecule is O=C(O/C(=C1\CCCCC1N1CCOCC1)c1ccccc1)c1ccccc1. The van der Waals surface area contributed by atoms with Gasteiger partial charge in [-0.3, -0.25) is 4.90 Å². The molecule has 146 valence electrons. The van der Waals surface area contributed by atoms with Gasteiger partial charge in [0.15, 0.2) is 0 Å². The predicted octanol–water partition coefficient (Wildman–Crippen LogP) is 4.53. The molecule has 1 atom stereocenters. The first kappa shape index (κ1) is 18.9. The number of hydrogen-bond acceptors (Lipinski definition) is 4. The molecule has 1 aliphatic carbocycles. The van der Waals surface area contributed by atoms with E-state index in [0.29, 0.717) is 11.6 Å². The van der Waals surface area contributed by atoms with Crippen molar-refractivity contribution in [2.45, 2.75) is 31.7 Å². The van der Waals surface area contributed by atoms with Crippen molar-refractivity contribution in [3.05, 3.63) is 77.4 Å². The minimum Gasteiger partial charge on any atom is -0.422 e. The Balaban J connectivity index is 1.71. The van der Waals surface area contributed by atoms with Crippen LogP contribution < -0.4 is 0 Å². The number of carbonyl (C=O) groups excluding carboxylic acids is 1. The second-order valence-electron chi connectivity index (χ2n) is 7.39. The molecule has 0 bridgehead atoms. The Labute approximate surface area is 166 Å². The van der Waals surface area contributed by atoms with Gasteiger partial charge in [-0.2, -0.15) is 0 Å². The number of hydrogen-bond donors (Lipinski definition) is 0. The van der Waals surface area contributed by atoms with E-state index in [9.17, 15) is 4.79 Å². The van der Waals surface area contributed by atoms with Crippen molar-refractivity contribution in [1.82, 2.24) is 4.90 Å². The normalized spacial score (nSPS) is 22.5. The summed E-state index contributed by atoms with van der Waals surface area (Å²) in [5.41, 5.74) is 2.81. The number of esters is 1. The summed E-state index contributed by atoms with van der Waals surface area (Å²) in [6.07, 6.45) is 4.42. The van der Waals surface area contributed by atoms with E-state index >= 15 is 0 Å². The molecule has 28 heavy (non-hydrogen) atoms. The Morgan fingerprint density at radius 3 is 2.21 bits per heavy atom. The molecule has 1 unspecified atom stereocenters. The third-order valence-corrected chi connectivity index (χ3v) is 5.59. The number of rotatable bonds is 4. The van der Waals surface area contributed by atoms with Crippen LogP contribution in [-0.2, 0) is 9.47 Å². The number of morpholine rings is 1. The van der Waals surface area contributed by atoms with Crippen molar-refractivity contribution in [2.75, 3.05) is 26.3 Å². The highest BCUT2D eigenvalue weighted by Gasteiger charge is 2.30. The Morgan fingerprint density at radius 2 is 1.54 bits per heavy atom. The molecule has 1 heterocycles. The van der Waals surface area contributed by atoms with Crippen LogP contribution in [-0.4, -0.2) is 43.2 Å². The van der Waals surface area contributed by atoms with E-state index in [2.05, 4.69) is 4.90 Å². The van der Waals surface area contributed by atoms with Gasteiger partial charge in [0.05, 0.1) is 18.8 Å². The summed E-state index contributed by atoms with van der Waals surface area (Å²) >= 11 is 0. The van der Waals surface area contributed by atoms with Crippen LogP contribution in [0.5, 0.6) is 0 Å². The first-order chi connectivity index (χ1) is 13.8. The van der Waals surface area contributed by atoms with Gasteiger partial charge in [0, 0.05) is 24.7 Å². The van der Waals surface area contributed by atoms with Crippen molar-refractivity contribution >= 4 is 11.7 Å². The van der Waals surface area contributed by atoms with Crippen LogP contribution in [0.3, 0.4) is 0 Å². The van der Waals surface area contributed by atoms with E-state index in [1.165, 1.54) is 12.0 Å².